The summed E-state index contributed by atoms with van der Waals surface area (Å²) in [5.41, 5.74) is 0. The van der Waals surface area contributed by atoms with E-state index < -0.39 is 0 Å². The minimum atomic E-state index is 0.112. The monoisotopic (exact) mass is 255 g/mol. The van der Waals surface area contributed by atoms with Crippen molar-refractivity contribution in [2.75, 3.05) is 38.0 Å². The van der Waals surface area contributed by atoms with Crippen LogP contribution in [0.15, 0.2) is 0 Å². The minimum absolute atomic E-state index is 0.112. The molecule has 18 heavy (non-hydrogen) atoms. The Kier molecular flexibility index (Phi) is 6.13. The van der Waals surface area contributed by atoms with Gasteiger partial charge in [-0.05, 0) is 13.3 Å². The highest BCUT2D eigenvalue weighted by atomic mass is 16.5. The van der Waals surface area contributed by atoms with Crippen LogP contribution in [0.2, 0.25) is 0 Å². The molecule has 0 aliphatic heterocycles. The van der Waals surface area contributed by atoms with E-state index in [2.05, 4.69) is 32.5 Å². The molecular weight excluding hydrogens is 234 g/mol. The number of anilines is 2. The van der Waals surface area contributed by atoms with E-state index in [1.54, 1.807) is 7.11 Å². The zero-order valence-electron chi connectivity index (χ0n) is 11.4. The number of aromatic nitrogens is 3. The molecule has 0 spiro atoms. The molecule has 102 valence electrons. The zero-order valence-corrected chi connectivity index (χ0v) is 11.4. The topological polar surface area (TPSA) is 81.2 Å². The SMILES string of the molecule is CCCNc1nc(NC(C)COC)nc(OC)n1. The average Bonchev–Trinajstić information content (AvgIpc) is 2.36. The van der Waals surface area contributed by atoms with Gasteiger partial charge in [0.2, 0.25) is 11.9 Å². The van der Waals surface area contributed by atoms with Crippen molar-refractivity contribution in [3.8, 4) is 6.01 Å². The third-order valence-corrected chi connectivity index (χ3v) is 2.12. The summed E-state index contributed by atoms with van der Waals surface area (Å²) >= 11 is 0. The van der Waals surface area contributed by atoms with Gasteiger partial charge in [-0.15, -0.1) is 0 Å². The van der Waals surface area contributed by atoms with E-state index in [1.807, 2.05) is 6.92 Å². The number of methoxy groups -OCH3 is 2. The van der Waals surface area contributed by atoms with Crippen molar-refractivity contribution >= 4 is 11.9 Å². The molecular formula is C11H21N5O2. The third kappa shape index (κ3) is 4.70. The van der Waals surface area contributed by atoms with Crippen molar-refractivity contribution in [2.24, 2.45) is 0 Å². The van der Waals surface area contributed by atoms with Crippen LogP contribution in [0, 0.1) is 0 Å². The minimum Gasteiger partial charge on any atom is -0.467 e. The van der Waals surface area contributed by atoms with Gasteiger partial charge >= 0.3 is 6.01 Å². The zero-order chi connectivity index (χ0) is 13.4. The molecule has 0 amide bonds. The summed E-state index contributed by atoms with van der Waals surface area (Å²) in [5.74, 6) is 0.987. The molecule has 0 aliphatic carbocycles. The highest BCUT2D eigenvalue weighted by molar-refractivity contribution is 5.36. The van der Waals surface area contributed by atoms with Gasteiger partial charge in [0.15, 0.2) is 0 Å². The Morgan fingerprint density at radius 3 is 2.50 bits per heavy atom. The van der Waals surface area contributed by atoms with E-state index in [4.69, 9.17) is 9.47 Å². The number of nitrogens with zero attached hydrogens (tertiary/aromatic N) is 3. The van der Waals surface area contributed by atoms with Crippen LogP contribution in [-0.2, 0) is 4.74 Å². The molecule has 7 nitrogen and oxygen atoms in total. The van der Waals surface area contributed by atoms with Gasteiger partial charge in [-0.25, -0.2) is 0 Å². The van der Waals surface area contributed by atoms with Crippen LogP contribution >= 0.6 is 0 Å². The Morgan fingerprint density at radius 2 is 1.89 bits per heavy atom. The molecule has 0 aromatic carbocycles. The van der Waals surface area contributed by atoms with Gasteiger partial charge in [-0.2, -0.15) is 15.0 Å². The Morgan fingerprint density at radius 1 is 1.17 bits per heavy atom. The van der Waals surface area contributed by atoms with Gasteiger partial charge in [0.25, 0.3) is 0 Å². The Hall–Kier alpha value is -1.63. The van der Waals surface area contributed by atoms with Crippen molar-refractivity contribution in [3.05, 3.63) is 0 Å². The maximum atomic E-state index is 5.05. The van der Waals surface area contributed by atoms with E-state index in [0.717, 1.165) is 13.0 Å². The lowest BCUT2D eigenvalue weighted by atomic mass is 10.4. The molecule has 7 heteroatoms. The predicted molar refractivity (Wildman–Crippen MR) is 70.1 cm³/mol. The molecule has 2 N–H and O–H groups in total. The van der Waals surface area contributed by atoms with Crippen molar-refractivity contribution < 1.29 is 9.47 Å². The summed E-state index contributed by atoms with van der Waals surface area (Å²) in [7, 11) is 3.18. The van der Waals surface area contributed by atoms with E-state index in [1.165, 1.54) is 7.11 Å². The smallest absolute Gasteiger partial charge is 0.322 e. The summed E-state index contributed by atoms with van der Waals surface area (Å²) in [6, 6.07) is 0.400. The molecule has 0 fully saturated rings. The van der Waals surface area contributed by atoms with Crippen LogP contribution in [0.3, 0.4) is 0 Å². The Balaban J connectivity index is 2.76. The van der Waals surface area contributed by atoms with Gasteiger partial charge in [-0.1, -0.05) is 6.92 Å². The average molecular weight is 255 g/mol. The number of hydrogen-bond donors (Lipinski definition) is 2. The summed E-state index contributed by atoms with van der Waals surface area (Å²) < 4.78 is 10.1. The normalized spacial score (nSPS) is 12.0. The van der Waals surface area contributed by atoms with Gasteiger partial charge in [-0.3, -0.25) is 0 Å². The van der Waals surface area contributed by atoms with E-state index in [9.17, 15) is 0 Å². The van der Waals surface area contributed by atoms with Gasteiger partial charge in [0, 0.05) is 19.7 Å². The molecule has 0 aliphatic rings. The van der Waals surface area contributed by atoms with Crippen LogP contribution in [0.4, 0.5) is 11.9 Å². The molecule has 1 aromatic heterocycles. The maximum Gasteiger partial charge on any atom is 0.322 e. The van der Waals surface area contributed by atoms with Crippen LogP contribution in [0.1, 0.15) is 20.3 Å². The lowest BCUT2D eigenvalue weighted by Crippen LogP contribution is -2.23. The summed E-state index contributed by atoms with van der Waals surface area (Å²) in [6.45, 7) is 5.44. The first-order valence-electron chi connectivity index (χ1n) is 5.99. The van der Waals surface area contributed by atoms with Gasteiger partial charge in [0.05, 0.1) is 13.7 Å². The first kappa shape index (κ1) is 14.4. The highest BCUT2D eigenvalue weighted by Crippen LogP contribution is 2.11. The lowest BCUT2D eigenvalue weighted by Gasteiger charge is -2.13. The highest BCUT2D eigenvalue weighted by Gasteiger charge is 2.09. The van der Waals surface area contributed by atoms with Crippen LogP contribution in [0.25, 0.3) is 0 Å². The second-order valence-corrected chi connectivity index (χ2v) is 3.90. The fraction of sp³-hybridized carbons (Fsp3) is 0.727. The quantitative estimate of drug-likeness (QED) is 0.721. The van der Waals surface area contributed by atoms with Crippen LogP contribution in [0.5, 0.6) is 6.01 Å². The molecule has 1 aromatic rings. The van der Waals surface area contributed by atoms with E-state index >= 15 is 0 Å². The Labute approximate surface area is 107 Å². The lowest BCUT2D eigenvalue weighted by molar-refractivity contribution is 0.190. The molecule has 1 unspecified atom stereocenters. The second-order valence-electron chi connectivity index (χ2n) is 3.90. The first-order valence-corrected chi connectivity index (χ1v) is 5.99. The summed E-state index contributed by atoms with van der Waals surface area (Å²) in [5, 5.41) is 6.23. The van der Waals surface area contributed by atoms with Gasteiger partial charge in [0.1, 0.15) is 0 Å². The fourth-order valence-electron chi connectivity index (χ4n) is 1.34. The summed E-state index contributed by atoms with van der Waals surface area (Å²) in [6.07, 6.45) is 0.997. The molecule has 1 atom stereocenters. The van der Waals surface area contributed by atoms with Crippen LogP contribution in [-0.4, -0.2) is 48.4 Å². The molecule has 0 saturated heterocycles. The number of nitrogens with one attached hydrogen (secondary N) is 2. The first-order chi connectivity index (χ1) is 8.69. The fourth-order valence-corrected chi connectivity index (χ4v) is 1.34. The van der Waals surface area contributed by atoms with Crippen molar-refractivity contribution in [1.82, 2.24) is 15.0 Å². The Bertz CT molecular complexity index is 361. The second kappa shape index (κ2) is 7.65. The molecule has 1 heterocycles. The van der Waals surface area contributed by atoms with Gasteiger partial charge < -0.3 is 20.1 Å². The third-order valence-electron chi connectivity index (χ3n) is 2.12. The molecule has 0 saturated carbocycles. The van der Waals surface area contributed by atoms with Crippen molar-refractivity contribution in [2.45, 2.75) is 26.3 Å². The van der Waals surface area contributed by atoms with Crippen LogP contribution < -0.4 is 15.4 Å². The van der Waals surface area contributed by atoms with E-state index in [-0.39, 0.29) is 12.1 Å². The summed E-state index contributed by atoms with van der Waals surface area (Å²) in [4.78, 5) is 12.5. The standard InChI is InChI=1S/C11H21N5O2/c1-5-6-12-9-14-10(13-8(2)7-17-3)16-11(15-9)18-4/h8H,5-7H2,1-4H3,(H2,12,13,14,15,16). The number of ether oxygens (including phenoxy) is 2. The largest absolute Gasteiger partial charge is 0.467 e. The van der Waals surface area contributed by atoms with E-state index in [0.29, 0.717) is 18.5 Å². The number of rotatable bonds is 8. The predicted octanol–water partition coefficient (Wildman–Crippen LogP) is 1.15. The molecule has 0 bridgehead atoms. The number of hydrogen-bond acceptors (Lipinski definition) is 7. The molecule has 1 rings (SSSR count). The maximum absolute atomic E-state index is 5.05. The molecule has 0 radical (unpaired) electrons. The van der Waals surface area contributed by atoms with Crippen molar-refractivity contribution in [1.29, 1.82) is 0 Å². The van der Waals surface area contributed by atoms with Crippen molar-refractivity contribution in [3.63, 3.8) is 0 Å².